The van der Waals surface area contributed by atoms with Crippen LogP contribution in [-0.4, -0.2) is 17.1 Å². The number of carbonyl (C=O) groups is 1. The Morgan fingerprint density at radius 3 is 2.56 bits per heavy atom. The van der Waals surface area contributed by atoms with E-state index in [1.165, 1.54) is 37.0 Å². The summed E-state index contributed by atoms with van der Waals surface area (Å²) in [5, 5.41) is 14.7. The molecule has 18 heavy (non-hydrogen) atoms. The second kappa shape index (κ2) is 6.34. The Hall–Kier alpha value is -0.870. The molecule has 1 saturated carbocycles. The fourth-order valence-corrected chi connectivity index (χ4v) is 3.60. The summed E-state index contributed by atoms with van der Waals surface area (Å²) in [6.45, 7) is 1.98. The van der Waals surface area contributed by atoms with Crippen LogP contribution in [0, 0.1) is 6.92 Å². The van der Waals surface area contributed by atoms with Gasteiger partial charge in [0, 0.05) is 10.9 Å². The molecule has 1 fully saturated rings. The van der Waals surface area contributed by atoms with Gasteiger partial charge in [-0.3, -0.25) is 10.1 Å². The van der Waals surface area contributed by atoms with Crippen molar-refractivity contribution in [2.24, 2.45) is 0 Å². The second-order valence-electron chi connectivity index (χ2n) is 5.09. The van der Waals surface area contributed by atoms with E-state index in [9.17, 15) is 9.90 Å². The summed E-state index contributed by atoms with van der Waals surface area (Å²) in [5.41, 5.74) is 1.08. The van der Waals surface area contributed by atoms with Crippen LogP contribution in [0.15, 0.2) is 11.4 Å². The van der Waals surface area contributed by atoms with Gasteiger partial charge < -0.3 is 5.11 Å². The van der Waals surface area contributed by atoms with Crippen LogP contribution in [0.2, 0.25) is 0 Å². The summed E-state index contributed by atoms with van der Waals surface area (Å²) in [5.74, 6) is -0.759. The van der Waals surface area contributed by atoms with Gasteiger partial charge in [0.25, 0.3) is 0 Å². The van der Waals surface area contributed by atoms with Gasteiger partial charge in [-0.1, -0.05) is 25.7 Å². The summed E-state index contributed by atoms with van der Waals surface area (Å²) < 4.78 is 0. The number of nitrogens with one attached hydrogen (secondary N) is 1. The highest BCUT2D eigenvalue weighted by Crippen LogP contribution is 2.27. The lowest BCUT2D eigenvalue weighted by Gasteiger charge is -2.22. The van der Waals surface area contributed by atoms with E-state index in [-0.39, 0.29) is 0 Å². The molecule has 2 N–H and O–H groups in total. The fourth-order valence-electron chi connectivity index (χ4n) is 2.62. The van der Waals surface area contributed by atoms with Gasteiger partial charge in [-0.2, -0.15) is 0 Å². The Balaban J connectivity index is 2.06. The van der Waals surface area contributed by atoms with Crippen molar-refractivity contribution in [3.8, 4) is 0 Å². The van der Waals surface area contributed by atoms with E-state index in [0.29, 0.717) is 6.04 Å². The topological polar surface area (TPSA) is 49.3 Å². The molecule has 0 aromatic carbocycles. The first kappa shape index (κ1) is 13.6. The number of carboxylic acid groups (broad SMARTS) is 1. The quantitative estimate of drug-likeness (QED) is 0.821. The molecule has 1 aromatic rings. The summed E-state index contributed by atoms with van der Waals surface area (Å²) >= 11 is 1.54. The minimum absolute atomic E-state index is 0.357. The van der Waals surface area contributed by atoms with Crippen LogP contribution >= 0.6 is 11.3 Å². The lowest BCUT2D eigenvalue weighted by Crippen LogP contribution is -2.36. The zero-order chi connectivity index (χ0) is 13.0. The molecule has 0 spiro atoms. The van der Waals surface area contributed by atoms with Crippen LogP contribution < -0.4 is 5.32 Å². The van der Waals surface area contributed by atoms with Gasteiger partial charge in [-0.15, -0.1) is 11.3 Å². The summed E-state index contributed by atoms with van der Waals surface area (Å²) in [6.07, 6.45) is 7.21. The van der Waals surface area contributed by atoms with Gasteiger partial charge in [-0.25, -0.2) is 0 Å². The predicted octanol–water partition coefficient (Wildman–Crippen LogP) is 3.49. The van der Waals surface area contributed by atoms with Crippen molar-refractivity contribution in [1.29, 1.82) is 0 Å². The third-order valence-corrected chi connectivity index (χ3v) is 4.75. The van der Waals surface area contributed by atoms with Gasteiger partial charge in [0.05, 0.1) is 0 Å². The molecular formula is C14H21NO2S. The first-order chi connectivity index (χ1) is 8.68. The number of carboxylic acids is 1. The van der Waals surface area contributed by atoms with Crippen molar-refractivity contribution in [1.82, 2.24) is 5.32 Å². The Labute approximate surface area is 112 Å². The minimum Gasteiger partial charge on any atom is -0.480 e. The number of rotatable bonds is 4. The molecule has 1 aliphatic carbocycles. The zero-order valence-corrected chi connectivity index (χ0v) is 11.6. The lowest BCUT2D eigenvalue weighted by atomic mass is 10.1. The normalized spacial score (nSPS) is 19.4. The van der Waals surface area contributed by atoms with Crippen LogP contribution in [0.25, 0.3) is 0 Å². The maximum atomic E-state index is 11.5. The van der Waals surface area contributed by atoms with E-state index < -0.39 is 12.0 Å². The number of thiophene rings is 1. The average molecular weight is 267 g/mol. The van der Waals surface area contributed by atoms with Crippen LogP contribution in [0.4, 0.5) is 0 Å². The molecule has 0 saturated heterocycles. The van der Waals surface area contributed by atoms with E-state index in [4.69, 9.17) is 0 Å². The second-order valence-corrected chi connectivity index (χ2v) is 6.04. The highest BCUT2D eigenvalue weighted by molar-refractivity contribution is 7.10. The summed E-state index contributed by atoms with van der Waals surface area (Å²) in [7, 11) is 0. The Morgan fingerprint density at radius 2 is 2.06 bits per heavy atom. The van der Waals surface area contributed by atoms with Gasteiger partial charge in [0.1, 0.15) is 6.04 Å². The lowest BCUT2D eigenvalue weighted by molar-refractivity contribution is -0.139. The highest BCUT2D eigenvalue weighted by atomic mass is 32.1. The van der Waals surface area contributed by atoms with Crippen LogP contribution in [0.5, 0.6) is 0 Å². The molecule has 1 aliphatic rings. The Bertz CT molecular complexity index is 394. The molecular weight excluding hydrogens is 246 g/mol. The summed E-state index contributed by atoms with van der Waals surface area (Å²) in [4.78, 5) is 12.4. The van der Waals surface area contributed by atoms with Crippen LogP contribution in [-0.2, 0) is 4.79 Å². The number of hydrogen-bond donors (Lipinski definition) is 2. The maximum Gasteiger partial charge on any atom is 0.326 e. The molecule has 0 bridgehead atoms. The van der Waals surface area contributed by atoms with Gasteiger partial charge in [0.15, 0.2) is 0 Å². The van der Waals surface area contributed by atoms with Crippen molar-refractivity contribution < 1.29 is 9.90 Å². The number of aliphatic carboxylic acids is 1. The predicted molar refractivity (Wildman–Crippen MR) is 74.1 cm³/mol. The molecule has 2 rings (SSSR count). The van der Waals surface area contributed by atoms with E-state index >= 15 is 0 Å². The first-order valence-electron chi connectivity index (χ1n) is 6.71. The molecule has 1 aromatic heterocycles. The van der Waals surface area contributed by atoms with Crippen molar-refractivity contribution in [3.63, 3.8) is 0 Å². The maximum absolute atomic E-state index is 11.5. The third-order valence-electron chi connectivity index (χ3n) is 3.67. The minimum atomic E-state index is -0.759. The Kier molecular flexibility index (Phi) is 4.78. The van der Waals surface area contributed by atoms with Crippen molar-refractivity contribution >= 4 is 17.3 Å². The van der Waals surface area contributed by atoms with Crippen LogP contribution in [0.1, 0.15) is 55.0 Å². The van der Waals surface area contributed by atoms with Crippen molar-refractivity contribution in [2.45, 2.75) is 57.5 Å². The number of hydrogen-bond acceptors (Lipinski definition) is 3. The van der Waals surface area contributed by atoms with Crippen molar-refractivity contribution in [2.75, 3.05) is 0 Å². The van der Waals surface area contributed by atoms with E-state index in [2.05, 4.69) is 5.32 Å². The van der Waals surface area contributed by atoms with Gasteiger partial charge in [-0.05, 0) is 36.8 Å². The highest BCUT2D eigenvalue weighted by Gasteiger charge is 2.26. The van der Waals surface area contributed by atoms with Gasteiger partial charge >= 0.3 is 5.97 Å². The first-order valence-corrected chi connectivity index (χ1v) is 7.59. The number of aryl methyl sites for hydroxylation is 1. The molecule has 3 nitrogen and oxygen atoms in total. The monoisotopic (exact) mass is 267 g/mol. The van der Waals surface area contributed by atoms with E-state index in [1.54, 1.807) is 0 Å². The molecule has 100 valence electrons. The smallest absolute Gasteiger partial charge is 0.326 e. The fraction of sp³-hybridized carbons (Fsp3) is 0.643. The molecule has 4 heteroatoms. The van der Waals surface area contributed by atoms with Gasteiger partial charge in [0.2, 0.25) is 0 Å². The largest absolute Gasteiger partial charge is 0.480 e. The zero-order valence-electron chi connectivity index (χ0n) is 10.8. The van der Waals surface area contributed by atoms with Crippen LogP contribution in [0.3, 0.4) is 0 Å². The average Bonchev–Trinajstić information content (AvgIpc) is 2.62. The van der Waals surface area contributed by atoms with Crippen molar-refractivity contribution in [3.05, 3.63) is 21.9 Å². The standard InChI is InChI=1S/C14H21NO2S/c1-10-8-9-18-13(10)12(14(16)17)15-11-6-4-2-3-5-7-11/h8-9,11-12,15H,2-7H2,1H3,(H,16,17). The molecule has 0 radical (unpaired) electrons. The molecule has 1 unspecified atom stereocenters. The molecule has 1 atom stereocenters. The molecule has 0 amide bonds. The Morgan fingerprint density at radius 1 is 1.39 bits per heavy atom. The van der Waals surface area contributed by atoms with E-state index in [1.807, 2.05) is 18.4 Å². The summed E-state index contributed by atoms with van der Waals surface area (Å²) in [6, 6.07) is 1.81. The SMILES string of the molecule is Cc1ccsc1C(NC1CCCCCC1)C(=O)O. The molecule has 0 aliphatic heterocycles. The molecule has 1 heterocycles. The third kappa shape index (κ3) is 3.33. The van der Waals surface area contributed by atoms with E-state index in [0.717, 1.165) is 23.3 Å².